The molecule has 2 aromatic carbocycles. The maximum Gasteiger partial charge on any atom is 0.221 e. The van der Waals surface area contributed by atoms with Crippen molar-refractivity contribution in [1.82, 2.24) is 14.9 Å². The number of benzene rings is 2. The maximum absolute atomic E-state index is 13.4. The highest BCUT2D eigenvalue weighted by molar-refractivity contribution is 7.10. The lowest BCUT2D eigenvalue weighted by Gasteiger charge is -2.15. The van der Waals surface area contributed by atoms with E-state index < -0.39 is 0 Å². The van der Waals surface area contributed by atoms with E-state index in [0.29, 0.717) is 19.5 Å². The number of aromatic nitrogens is 2. The van der Waals surface area contributed by atoms with Crippen molar-refractivity contribution in [1.29, 1.82) is 0 Å². The first-order valence-corrected chi connectivity index (χ1v) is 12.1. The Morgan fingerprint density at radius 1 is 1.00 bits per heavy atom. The van der Waals surface area contributed by atoms with Crippen molar-refractivity contribution in [2.24, 2.45) is 0 Å². The molecule has 6 heteroatoms. The van der Waals surface area contributed by atoms with E-state index in [4.69, 9.17) is 0 Å². The summed E-state index contributed by atoms with van der Waals surface area (Å²) in [6.45, 7) is 1.08. The normalized spacial score (nSPS) is 12.0. The Hall–Kier alpha value is -3.77. The zero-order valence-corrected chi connectivity index (χ0v) is 19.3. The van der Waals surface area contributed by atoms with Crippen LogP contribution in [0.1, 0.15) is 33.9 Å². The number of rotatable bonds is 8. The average molecular weight is 470 g/mol. The molecule has 0 aliphatic rings. The molecule has 0 radical (unpaired) electrons. The average Bonchev–Trinajstić information content (AvgIpc) is 3.52. The van der Waals surface area contributed by atoms with Crippen LogP contribution in [0, 0.1) is 5.82 Å². The Bertz CT molecular complexity index is 1380. The molecule has 0 spiro atoms. The van der Waals surface area contributed by atoms with Crippen LogP contribution in [-0.2, 0) is 17.9 Å². The molecule has 1 unspecified atom stereocenters. The van der Waals surface area contributed by atoms with Crippen LogP contribution in [0.15, 0.2) is 96.8 Å². The lowest BCUT2D eigenvalue weighted by molar-refractivity contribution is -0.121. The van der Waals surface area contributed by atoms with Crippen LogP contribution in [0.4, 0.5) is 4.39 Å². The van der Waals surface area contributed by atoms with E-state index in [2.05, 4.69) is 39.3 Å². The van der Waals surface area contributed by atoms with Crippen LogP contribution in [0.2, 0.25) is 0 Å². The van der Waals surface area contributed by atoms with Gasteiger partial charge in [-0.15, -0.1) is 11.3 Å². The summed E-state index contributed by atoms with van der Waals surface area (Å²) in [6.07, 6.45) is 5.98. The topological polar surface area (TPSA) is 46.9 Å². The molecule has 170 valence electrons. The predicted octanol–water partition coefficient (Wildman–Crippen LogP) is 6.12. The number of halogens is 1. The number of pyridine rings is 1. The van der Waals surface area contributed by atoms with Gasteiger partial charge in [0.05, 0.1) is 0 Å². The number of nitrogens with one attached hydrogen (secondary N) is 1. The molecule has 3 heterocycles. The van der Waals surface area contributed by atoms with Gasteiger partial charge >= 0.3 is 0 Å². The molecule has 0 saturated carbocycles. The second kappa shape index (κ2) is 10.0. The summed E-state index contributed by atoms with van der Waals surface area (Å²) in [5.41, 5.74) is 4.21. The van der Waals surface area contributed by atoms with Gasteiger partial charge < -0.3 is 9.88 Å². The van der Waals surface area contributed by atoms with Crippen LogP contribution >= 0.6 is 11.3 Å². The summed E-state index contributed by atoms with van der Waals surface area (Å²) in [5, 5.41) is 6.22. The molecule has 0 aliphatic heterocycles. The quantitative estimate of drug-likeness (QED) is 0.297. The molecule has 1 N–H and O–H groups in total. The number of hydrogen-bond acceptors (Lipinski definition) is 3. The first-order valence-electron chi connectivity index (χ1n) is 11.2. The summed E-state index contributed by atoms with van der Waals surface area (Å²) < 4.78 is 15.6. The Morgan fingerprint density at radius 2 is 1.85 bits per heavy atom. The summed E-state index contributed by atoms with van der Waals surface area (Å²) in [6, 6.07) is 22.8. The van der Waals surface area contributed by atoms with E-state index in [1.54, 1.807) is 23.7 Å². The largest absolute Gasteiger partial charge is 0.352 e. The minimum absolute atomic E-state index is 0.00220. The van der Waals surface area contributed by atoms with Crippen LogP contribution in [0.5, 0.6) is 0 Å². The van der Waals surface area contributed by atoms with Gasteiger partial charge in [-0.3, -0.25) is 9.78 Å². The third-order valence-corrected chi connectivity index (χ3v) is 6.94. The monoisotopic (exact) mass is 469 g/mol. The smallest absolute Gasteiger partial charge is 0.221 e. The number of amides is 1. The van der Waals surface area contributed by atoms with Crippen molar-refractivity contribution in [3.05, 3.63) is 124 Å². The molecule has 0 saturated heterocycles. The number of carbonyl (C=O) groups is 1. The van der Waals surface area contributed by atoms with Crippen LogP contribution in [-0.4, -0.2) is 15.5 Å². The maximum atomic E-state index is 13.4. The summed E-state index contributed by atoms with van der Waals surface area (Å²) in [4.78, 5) is 18.3. The second-order valence-corrected chi connectivity index (χ2v) is 9.25. The minimum atomic E-state index is -0.239. The highest BCUT2D eigenvalue weighted by Crippen LogP contribution is 2.37. The molecule has 1 atom stereocenters. The molecule has 1 amide bonds. The molecule has 4 nitrogen and oxygen atoms in total. The fraction of sp³-hybridized carbons (Fsp3) is 0.143. The van der Waals surface area contributed by atoms with Crippen molar-refractivity contribution in [2.75, 3.05) is 0 Å². The highest BCUT2D eigenvalue weighted by Gasteiger charge is 2.23. The van der Waals surface area contributed by atoms with E-state index >= 15 is 0 Å². The number of hydrogen-bond donors (Lipinski definition) is 1. The van der Waals surface area contributed by atoms with E-state index in [-0.39, 0.29) is 17.6 Å². The first kappa shape index (κ1) is 22.0. The molecule has 34 heavy (non-hydrogen) atoms. The van der Waals surface area contributed by atoms with Crippen LogP contribution < -0.4 is 5.32 Å². The van der Waals surface area contributed by atoms with Gasteiger partial charge in [0.2, 0.25) is 5.91 Å². The van der Waals surface area contributed by atoms with Gasteiger partial charge in [0.1, 0.15) is 5.82 Å². The fourth-order valence-electron chi connectivity index (χ4n) is 4.28. The highest BCUT2D eigenvalue weighted by atomic mass is 32.1. The standard InChI is InChI=1S/C28H24FN3OS/c29-22-11-9-20(10-12-22)18-32-19-25(23-6-1-2-7-26(23)32)24(27-8-4-14-34-27)15-28(33)31-17-21-5-3-13-30-16-21/h1-14,16,19,24H,15,17-18H2,(H,31,33). The third-order valence-electron chi connectivity index (χ3n) is 5.95. The van der Waals surface area contributed by atoms with E-state index in [1.807, 2.05) is 47.8 Å². The Kier molecular flexibility index (Phi) is 6.49. The number of nitrogens with zero attached hydrogens (tertiary/aromatic N) is 2. The van der Waals surface area contributed by atoms with Gasteiger partial charge in [-0.1, -0.05) is 42.5 Å². The molecule has 0 bridgehead atoms. The first-order chi connectivity index (χ1) is 16.7. The lowest BCUT2D eigenvalue weighted by Crippen LogP contribution is -2.24. The van der Waals surface area contributed by atoms with E-state index in [9.17, 15) is 9.18 Å². The van der Waals surface area contributed by atoms with E-state index in [1.165, 1.54) is 12.1 Å². The lowest BCUT2D eigenvalue weighted by atomic mass is 9.93. The van der Waals surface area contributed by atoms with Gasteiger partial charge in [-0.05, 0) is 52.4 Å². The van der Waals surface area contributed by atoms with Gasteiger partial charge in [0.15, 0.2) is 0 Å². The minimum Gasteiger partial charge on any atom is -0.352 e. The number of para-hydroxylation sites is 1. The molecular formula is C28H24FN3OS. The molecule has 5 aromatic rings. The number of thiophene rings is 1. The zero-order chi connectivity index (χ0) is 23.3. The van der Waals surface area contributed by atoms with E-state index in [0.717, 1.165) is 32.5 Å². The third kappa shape index (κ3) is 4.92. The van der Waals surface area contributed by atoms with Crippen molar-refractivity contribution in [3.8, 4) is 0 Å². The van der Waals surface area contributed by atoms with Crippen molar-refractivity contribution >= 4 is 28.1 Å². The summed E-state index contributed by atoms with van der Waals surface area (Å²) in [5.74, 6) is -0.303. The van der Waals surface area contributed by atoms with Gasteiger partial charge in [-0.2, -0.15) is 0 Å². The summed E-state index contributed by atoms with van der Waals surface area (Å²) >= 11 is 1.66. The van der Waals surface area contributed by atoms with Gasteiger partial charge in [0, 0.05) is 59.8 Å². The van der Waals surface area contributed by atoms with Crippen LogP contribution in [0.25, 0.3) is 10.9 Å². The van der Waals surface area contributed by atoms with Crippen molar-refractivity contribution in [3.63, 3.8) is 0 Å². The Labute approximate surface area is 201 Å². The van der Waals surface area contributed by atoms with Gasteiger partial charge in [-0.25, -0.2) is 4.39 Å². The van der Waals surface area contributed by atoms with Crippen LogP contribution in [0.3, 0.4) is 0 Å². The SMILES string of the molecule is O=C(CC(c1cccs1)c1cn(Cc2ccc(F)cc2)c2ccccc12)NCc1cccnc1. The predicted molar refractivity (Wildman–Crippen MR) is 134 cm³/mol. The van der Waals surface area contributed by atoms with Gasteiger partial charge in [0.25, 0.3) is 0 Å². The fourth-order valence-corrected chi connectivity index (χ4v) is 5.13. The molecule has 3 aromatic heterocycles. The molecular weight excluding hydrogens is 445 g/mol. The Balaban J connectivity index is 1.45. The van der Waals surface area contributed by atoms with Crippen molar-refractivity contribution in [2.45, 2.75) is 25.4 Å². The zero-order valence-electron chi connectivity index (χ0n) is 18.5. The van der Waals surface area contributed by atoms with Crippen molar-refractivity contribution < 1.29 is 9.18 Å². The summed E-state index contributed by atoms with van der Waals surface area (Å²) in [7, 11) is 0. The number of carbonyl (C=O) groups excluding carboxylic acids is 1. The second-order valence-electron chi connectivity index (χ2n) is 8.27. The molecule has 5 rings (SSSR count). The number of fused-ring (bicyclic) bond motifs is 1. The molecule has 0 aliphatic carbocycles. The molecule has 0 fully saturated rings. The Morgan fingerprint density at radius 3 is 2.62 bits per heavy atom.